The van der Waals surface area contributed by atoms with Crippen LogP contribution in [0.1, 0.15) is 52.1 Å². The number of nitrogens with one attached hydrogen (secondary N) is 3. The van der Waals surface area contributed by atoms with Gasteiger partial charge in [0.2, 0.25) is 0 Å². The van der Waals surface area contributed by atoms with E-state index in [0.29, 0.717) is 39.8 Å². The van der Waals surface area contributed by atoms with Gasteiger partial charge in [-0.3, -0.25) is 9.59 Å². The third-order valence-corrected chi connectivity index (χ3v) is 7.69. The van der Waals surface area contributed by atoms with E-state index in [1.54, 1.807) is 30.5 Å². The fourth-order valence-electron chi connectivity index (χ4n) is 5.18. The van der Waals surface area contributed by atoms with Crippen molar-refractivity contribution in [2.45, 2.75) is 44.8 Å². The Kier molecular flexibility index (Phi) is 7.76. The molecule has 10 heteroatoms. The summed E-state index contributed by atoms with van der Waals surface area (Å²) >= 11 is 6.41. The van der Waals surface area contributed by atoms with Gasteiger partial charge >= 0.3 is 0 Å². The summed E-state index contributed by atoms with van der Waals surface area (Å²) in [5.74, 6) is -1.75. The molecule has 7 nitrogen and oxygen atoms in total. The van der Waals surface area contributed by atoms with Crippen LogP contribution < -0.4 is 15.4 Å². The third-order valence-electron chi connectivity index (χ3n) is 7.37. The van der Waals surface area contributed by atoms with E-state index in [1.807, 2.05) is 19.9 Å². The summed E-state index contributed by atoms with van der Waals surface area (Å²) in [4.78, 5) is 28.6. The van der Waals surface area contributed by atoms with Crippen molar-refractivity contribution in [3.63, 3.8) is 0 Å². The zero-order chi connectivity index (χ0) is 29.5. The van der Waals surface area contributed by atoms with Crippen LogP contribution in [0.4, 0.5) is 8.78 Å². The van der Waals surface area contributed by atoms with Crippen molar-refractivity contribution >= 4 is 34.3 Å². The Balaban J connectivity index is 1.49. The van der Waals surface area contributed by atoms with Gasteiger partial charge in [-0.15, -0.1) is 0 Å². The highest BCUT2D eigenvalue weighted by atomic mass is 35.5. The first-order valence-corrected chi connectivity index (χ1v) is 13.6. The van der Waals surface area contributed by atoms with Crippen molar-refractivity contribution in [1.29, 1.82) is 0 Å². The van der Waals surface area contributed by atoms with E-state index >= 15 is 0 Å². The molecule has 0 radical (unpaired) electrons. The first-order valence-electron chi connectivity index (χ1n) is 13.2. The highest BCUT2D eigenvalue weighted by molar-refractivity contribution is 6.34. The van der Waals surface area contributed by atoms with Crippen LogP contribution in [0.15, 0.2) is 48.7 Å². The summed E-state index contributed by atoms with van der Waals surface area (Å²) in [5.41, 5.74) is 3.11. The van der Waals surface area contributed by atoms with Crippen molar-refractivity contribution in [2.75, 3.05) is 13.7 Å². The number of amides is 2. The lowest BCUT2D eigenvalue weighted by molar-refractivity contribution is 0.0783. The molecule has 0 saturated heterocycles. The average Bonchev–Trinajstić information content (AvgIpc) is 3.33. The lowest BCUT2D eigenvalue weighted by Gasteiger charge is -2.34. The van der Waals surface area contributed by atoms with E-state index in [9.17, 15) is 23.5 Å². The average molecular weight is 582 g/mol. The van der Waals surface area contributed by atoms with Gasteiger partial charge in [0.25, 0.3) is 11.8 Å². The molecule has 0 fully saturated rings. The number of aryl methyl sites for hydroxylation is 1. The molecule has 0 spiro atoms. The van der Waals surface area contributed by atoms with Crippen LogP contribution in [0, 0.1) is 11.6 Å². The molecule has 4 aromatic rings. The second-order valence-corrected chi connectivity index (χ2v) is 11.2. The van der Waals surface area contributed by atoms with E-state index in [2.05, 4.69) is 15.6 Å². The van der Waals surface area contributed by atoms with Crippen molar-refractivity contribution in [2.24, 2.45) is 0 Å². The highest BCUT2D eigenvalue weighted by Gasteiger charge is 2.31. The molecule has 1 aliphatic rings. The Bertz CT molecular complexity index is 1670. The van der Waals surface area contributed by atoms with Crippen LogP contribution in [0.25, 0.3) is 22.0 Å². The quantitative estimate of drug-likeness (QED) is 0.229. The lowest BCUT2D eigenvalue weighted by Crippen LogP contribution is -2.40. The highest BCUT2D eigenvalue weighted by Crippen LogP contribution is 2.39. The SMILES string of the molecule is CNC(=O)c1ccc(-c2cc3c(c(C(=O)NC(CO)Cc4c[nH]c5c(F)cc(F)cc45)c2)OC(C)(C)CC3)cc1Cl. The van der Waals surface area contributed by atoms with E-state index in [4.69, 9.17) is 16.3 Å². The number of hydrogen-bond acceptors (Lipinski definition) is 4. The molecule has 1 aromatic heterocycles. The summed E-state index contributed by atoms with van der Waals surface area (Å²) < 4.78 is 34.3. The number of aromatic nitrogens is 1. The number of fused-ring (bicyclic) bond motifs is 2. The number of ether oxygens (including phenoxy) is 1. The predicted octanol–water partition coefficient (Wildman–Crippen LogP) is 5.56. The first-order chi connectivity index (χ1) is 19.5. The van der Waals surface area contributed by atoms with E-state index in [0.717, 1.165) is 18.1 Å². The molecule has 41 heavy (non-hydrogen) atoms. The summed E-state index contributed by atoms with van der Waals surface area (Å²) in [5, 5.41) is 16.2. The van der Waals surface area contributed by atoms with Crippen LogP contribution in [0.5, 0.6) is 5.75 Å². The van der Waals surface area contributed by atoms with Crippen LogP contribution in [0.3, 0.4) is 0 Å². The summed E-state index contributed by atoms with van der Waals surface area (Å²) in [6.45, 7) is 3.50. The summed E-state index contributed by atoms with van der Waals surface area (Å²) in [6, 6.07) is 9.99. The monoisotopic (exact) mass is 581 g/mol. The molecule has 3 aromatic carbocycles. The normalized spacial score (nSPS) is 14.7. The summed E-state index contributed by atoms with van der Waals surface area (Å²) in [6.07, 6.45) is 3.10. The fraction of sp³-hybridized carbons (Fsp3) is 0.290. The Morgan fingerprint density at radius 2 is 1.88 bits per heavy atom. The number of H-pyrrole nitrogens is 1. The van der Waals surface area contributed by atoms with Gasteiger partial charge in [-0.2, -0.15) is 0 Å². The maximum Gasteiger partial charge on any atom is 0.255 e. The largest absolute Gasteiger partial charge is 0.487 e. The molecule has 1 unspecified atom stereocenters. The molecule has 5 rings (SSSR count). The van der Waals surface area contributed by atoms with E-state index in [1.165, 1.54) is 13.1 Å². The molecule has 0 saturated carbocycles. The topological polar surface area (TPSA) is 103 Å². The Morgan fingerprint density at radius 3 is 2.59 bits per heavy atom. The van der Waals surface area contributed by atoms with Gasteiger partial charge in [0.05, 0.1) is 34.3 Å². The molecule has 2 heterocycles. The smallest absolute Gasteiger partial charge is 0.255 e. The van der Waals surface area contributed by atoms with Crippen molar-refractivity contribution in [1.82, 2.24) is 15.6 Å². The molecule has 0 aliphatic carbocycles. The predicted molar refractivity (Wildman–Crippen MR) is 154 cm³/mol. The van der Waals surface area contributed by atoms with Crippen molar-refractivity contribution in [3.8, 4) is 16.9 Å². The van der Waals surface area contributed by atoms with Crippen LogP contribution in [-0.2, 0) is 12.8 Å². The maximum atomic E-state index is 14.2. The van der Waals surface area contributed by atoms with Gasteiger partial charge in [-0.1, -0.05) is 17.7 Å². The number of benzene rings is 3. The minimum Gasteiger partial charge on any atom is -0.487 e. The molecular formula is C31H30ClF2N3O4. The number of aromatic amines is 1. The number of aliphatic hydroxyl groups is 1. The zero-order valence-electron chi connectivity index (χ0n) is 22.8. The Hall–Kier alpha value is -3.95. The molecule has 1 atom stereocenters. The summed E-state index contributed by atoms with van der Waals surface area (Å²) in [7, 11) is 1.52. The maximum absolute atomic E-state index is 14.2. The third kappa shape index (κ3) is 5.78. The fourth-order valence-corrected chi connectivity index (χ4v) is 5.44. The Labute approximate surface area is 240 Å². The molecule has 214 valence electrons. The molecule has 1 aliphatic heterocycles. The van der Waals surface area contributed by atoms with Crippen LogP contribution in [-0.4, -0.2) is 47.2 Å². The van der Waals surface area contributed by atoms with Gasteiger partial charge in [0.15, 0.2) is 0 Å². The molecular weight excluding hydrogens is 552 g/mol. The number of carbonyl (C=O) groups is 2. The van der Waals surface area contributed by atoms with Gasteiger partial charge in [0, 0.05) is 24.7 Å². The second kappa shape index (κ2) is 11.1. The minimum absolute atomic E-state index is 0.135. The van der Waals surface area contributed by atoms with E-state index in [-0.39, 0.29) is 28.4 Å². The molecule has 2 amide bonds. The van der Waals surface area contributed by atoms with E-state index < -0.39 is 35.8 Å². The van der Waals surface area contributed by atoms with Gasteiger partial charge in [0.1, 0.15) is 23.0 Å². The standard InChI is InChI=1S/C31H30ClF2N3O4/c1-31(2)7-6-17-8-18(16-4-5-22(25(32)11-16)29(39)35-3)10-24(28(17)41-31)30(40)37-21(15-38)9-19-14-36-27-23(19)12-20(33)13-26(27)34/h4-5,8,10-14,21,36,38H,6-7,9,15H2,1-3H3,(H,35,39)(H,37,40). The first kappa shape index (κ1) is 28.6. The van der Waals surface area contributed by atoms with Crippen LogP contribution >= 0.6 is 11.6 Å². The van der Waals surface area contributed by atoms with Crippen molar-refractivity contribution in [3.05, 3.63) is 87.6 Å². The number of rotatable bonds is 7. The van der Waals surface area contributed by atoms with Gasteiger partial charge in [-0.25, -0.2) is 8.78 Å². The Morgan fingerprint density at radius 1 is 1.10 bits per heavy atom. The van der Waals surface area contributed by atoms with Crippen LogP contribution in [0.2, 0.25) is 5.02 Å². The number of aliphatic hydroxyl groups excluding tert-OH is 1. The molecule has 4 N–H and O–H groups in total. The number of hydrogen-bond donors (Lipinski definition) is 4. The van der Waals surface area contributed by atoms with Gasteiger partial charge < -0.3 is 25.5 Å². The second-order valence-electron chi connectivity index (χ2n) is 10.8. The number of carbonyl (C=O) groups excluding carboxylic acids is 2. The lowest BCUT2D eigenvalue weighted by atomic mass is 9.89. The van der Waals surface area contributed by atoms with Gasteiger partial charge in [-0.05, 0) is 85.7 Å². The van der Waals surface area contributed by atoms with Crippen molar-refractivity contribution < 1.29 is 28.2 Å². The molecule has 0 bridgehead atoms. The minimum atomic E-state index is -0.745. The number of halogens is 3. The zero-order valence-corrected chi connectivity index (χ0v) is 23.6.